The average Bonchev–Trinajstić information content (AvgIpc) is 3.10. The molecule has 0 radical (unpaired) electrons. The van der Waals surface area contributed by atoms with Gasteiger partial charge in [0.2, 0.25) is 0 Å². The molecule has 4 aliphatic carbocycles. The van der Waals surface area contributed by atoms with E-state index in [-0.39, 0.29) is 17.1 Å². The third-order valence-corrected chi connectivity index (χ3v) is 11.1. The molecule has 0 aromatic heterocycles. The van der Waals surface area contributed by atoms with Crippen LogP contribution in [0.4, 0.5) is 0 Å². The number of ketones is 1. The van der Waals surface area contributed by atoms with Crippen molar-refractivity contribution in [2.75, 3.05) is 0 Å². The van der Waals surface area contributed by atoms with Crippen LogP contribution in [-0.2, 0) is 4.79 Å². The number of carbonyl (C=O) groups is 1. The second-order valence-electron chi connectivity index (χ2n) is 12.7. The Labute approximate surface area is 195 Å². The zero-order valence-electron chi connectivity index (χ0n) is 21.1. The lowest BCUT2D eigenvalue weighted by molar-refractivity contribution is -0.119. The van der Waals surface area contributed by atoms with Crippen LogP contribution in [0.2, 0.25) is 0 Å². The van der Waals surface area contributed by atoms with Crippen LogP contribution >= 0.6 is 0 Å². The summed E-state index contributed by atoms with van der Waals surface area (Å²) in [6.07, 6.45) is 12.3. The van der Waals surface area contributed by atoms with Gasteiger partial charge >= 0.3 is 0 Å². The number of carbonyl (C=O) groups excluding carboxylic acids is 1. The van der Waals surface area contributed by atoms with E-state index < -0.39 is 11.7 Å². The second kappa shape index (κ2) is 8.38. The van der Waals surface area contributed by atoms with Gasteiger partial charge in [-0.25, -0.2) is 0 Å². The van der Waals surface area contributed by atoms with Crippen LogP contribution in [0.1, 0.15) is 92.4 Å². The van der Waals surface area contributed by atoms with E-state index in [2.05, 4.69) is 41.2 Å². The molecule has 4 aliphatic rings. The van der Waals surface area contributed by atoms with Crippen molar-refractivity contribution in [1.29, 1.82) is 0 Å². The van der Waals surface area contributed by atoms with Crippen molar-refractivity contribution in [2.45, 2.75) is 104 Å². The van der Waals surface area contributed by atoms with Gasteiger partial charge in [0.05, 0.1) is 11.7 Å². The quantitative estimate of drug-likeness (QED) is 0.489. The van der Waals surface area contributed by atoms with E-state index in [1.54, 1.807) is 12.2 Å². The van der Waals surface area contributed by atoms with Gasteiger partial charge in [-0.15, -0.1) is 6.58 Å². The van der Waals surface area contributed by atoms with E-state index in [0.29, 0.717) is 41.4 Å². The van der Waals surface area contributed by atoms with Gasteiger partial charge in [0, 0.05) is 6.42 Å². The summed E-state index contributed by atoms with van der Waals surface area (Å²) in [4.78, 5) is 12.1. The van der Waals surface area contributed by atoms with Crippen LogP contribution in [0.15, 0.2) is 24.3 Å². The first-order valence-corrected chi connectivity index (χ1v) is 13.2. The maximum atomic E-state index is 12.1. The van der Waals surface area contributed by atoms with Crippen molar-refractivity contribution in [3.05, 3.63) is 24.3 Å². The molecule has 3 nitrogen and oxygen atoms in total. The summed E-state index contributed by atoms with van der Waals surface area (Å²) in [5.74, 6) is 3.49. The van der Waals surface area contributed by atoms with Gasteiger partial charge in [-0.3, -0.25) is 4.79 Å². The molecule has 3 fully saturated rings. The second-order valence-corrected chi connectivity index (χ2v) is 12.7. The minimum Gasteiger partial charge on any atom is -0.389 e. The summed E-state index contributed by atoms with van der Waals surface area (Å²) < 4.78 is 0. The normalized spacial score (nSPS) is 44.2. The Hall–Kier alpha value is -0.930. The molecule has 2 N–H and O–H groups in total. The molecule has 0 heterocycles. The molecule has 0 amide bonds. The first-order chi connectivity index (χ1) is 15.0. The molecule has 3 heteroatoms. The Morgan fingerprint density at radius 1 is 1.19 bits per heavy atom. The molecule has 9 atom stereocenters. The molecule has 4 rings (SSSR count). The standard InChI is InChI=1S/C29H46O3/c1-7-29(32,18(2)3)15-10-19(4)22-8-9-23-21-17-26(31)25-16-20(30)11-13-28(25,6)24(21)12-14-27(22,23)5/h7,16,18-19,21-24,26,31-32H,1,8-15,17H2,2-6H3/t19-,21+,22-,23+,24+,26-,27-,28-,29+/m1/s1. The summed E-state index contributed by atoms with van der Waals surface area (Å²) in [7, 11) is 0. The molecule has 0 spiro atoms. The van der Waals surface area contributed by atoms with Crippen molar-refractivity contribution in [1.82, 2.24) is 0 Å². The Kier molecular flexibility index (Phi) is 6.34. The summed E-state index contributed by atoms with van der Waals surface area (Å²) in [5, 5.41) is 22.1. The predicted molar refractivity (Wildman–Crippen MR) is 130 cm³/mol. The highest BCUT2D eigenvalue weighted by atomic mass is 16.3. The molecule has 0 aliphatic heterocycles. The highest BCUT2D eigenvalue weighted by molar-refractivity contribution is 5.91. The van der Waals surface area contributed by atoms with E-state index in [1.165, 1.54) is 25.7 Å². The van der Waals surface area contributed by atoms with E-state index in [9.17, 15) is 15.0 Å². The number of aliphatic hydroxyl groups is 2. The van der Waals surface area contributed by atoms with Gasteiger partial charge in [0.25, 0.3) is 0 Å². The summed E-state index contributed by atoms with van der Waals surface area (Å²) in [6.45, 7) is 15.3. The molecule has 0 saturated heterocycles. The topological polar surface area (TPSA) is 57.5 Å². The lowest BCUT2D eigenvalue weighted by atomic mass is 9.46. The van der Waals surface area contributed by atoms with Gasteiger partial charge in [0.15, 0.2) is 5.78 Å². The molecule has 180 valence electrons. The average molecular weight is 443 g/mol. The third-order valence-electron chi connectivity index (χ3n) is 11.1. The van der Waals surface area contributed by atoms with Crippen molar-refractivity contribution in [3.8, 4) is 0 Å². The first-order valence-electron chi connectivity index (χ1n) is 13.2. The molecule has 32 heavy (non-hydrogen) atoms. The van der Waals surface area contributed by atoms with Crippen LogP contribution in [-0.4, -0.2) is 27.7 Å². The molecule has 0 bridgehead atoms. The summed E-state index contributed by atoms with van der Waals surface area (Å²) in [6, 6.07) is 0. The van der Waals surface area contributed by atoms with Crippen molar-refractivity contribution in [2.24, 2.45) is 46.3 Å². The number of rotatable bonds is 6. The zero-order chi connectivity index (χ0) is 23.5. The Morgan fingerprint density at radius 3 is 2.56 bits per heavy atom. The van der Waals surface area contributed by atoms with Crippen LogP contribution in [0.3, 0.4) is 0 Å². The van der Waals surface area contributed by atoms with Gasteiger partial charge in [-0.2, -0.15) is 0 Å². The SMILES string of the molecule is C=C[C@](O)(CC[C@@H](C)[C@H]1CC[C@H]2[C@@H]3C[C@@H](O)C4=CC(=O)CC[C@]4(C)[C@H]3CC[C@]12C)C(C)C. The van der Waals surface area contributed by atoms with Crippen LogP contribution in [0.25, 0.3) is 0 Å². The van der Waals surface area contributed by atoms with Crippen molar-refractivity contribution >= 4 is 5.78 Å². The lowest BCUT2D eigenvalue weighted by Crippen LogP contribution is -2.54. The first kappa shape index (κ1) is 24.2. The Balaban J connectivity index is 1.52. The maximum absolute atomic E-state index is 12.1. The maximum Gasteiger partial charge on any atom is 0.155 e. The molecular weight excluding hydrogens is 396 g/mol. The fourth-order valence-corrected chi connectivity index (χ4v) is 8.87. The van der Waals surface area contributed by atoms with E-state index >= 15 is 0 Å². The van der Waals surface area contributed by atoms with Crippen LogP contribution in [0.5, 0.6) is 0 Å². The predicted octanol–water partition coefficient (Wildman–Crippen LogP) is 6.09. The van der Waals surface area contributed by atoms with Crippen molar-refractivity contribution in [3.63, 3.8) is 0 Å². The monoisotopic (exact) mass is 442 g/mol. The third kappa shape index (κ3) is 3.66. The Morgan fingerprint density at radius 2 is 1.91 bits per heavy atom. The van der Waals surface area contributed by atoms with E-state index in [1.807, 2.05) is 0 Å². The zero-order valence-corrected chi connectivity index (χ0v) is 21.1. The summed E-state index contributed by atoms with van der Waals surface area (Å²) >= 11 is 0. The van der Waals surface area contributed by atoms with E-state index in [0.717, 1.165) is 31.3 Å². The molecule has 3 saturated carbocycles. The summed E-state index contributed by atoms with van der Waals surface area (Å²) in [5.41, 5.74) is 0.596. The number of aliphatic hydroxyl groups excluding tert-OH is 1. The molecular formula is C29H46O3. The molecule has 0 aromatic rings. The van der Waals surface area contributed by atoms with Gasteiger partial charge in [0.1, 0.15) is 0 Å². The molecule has 0 unspecified atom stereocenters. The van der Waals surface area contributed by atoms with Gasteiger partial charge < -0.3 is 10.2 Å². The number of fused-ring (bicyclic) bond motifs is 5. The fourth-order valence-electron chi connectivity index (χ4n) is 8.87. The van der Waals surface area contributed by atoms with Crippen LogP contribution in [0, 0.1) is 46.3 Å². The minimum atomic E-state index is -0.770. The number of hydrogen-bond donors (Lipinski definition) is 2. The highest BCUT2D eigenvalue weighted by Crippen LogP contribution is 2.67. The number of hydrogen-bond acceptors (Lipinski definition) is 3. The van der Waals surface area contributed by atoms with Crippen LogP contribution < -0.4 is 0 Å². The van der Waals surface area contributed by atoms with E-state index in [4.69, 9.17) is 0 Å². The molecule has 0 aromatic carbocycles. The Bertz CT molecular complexity index is 783. The van der Waals surface area contributed by atoms with Gasteiger partial charge in [-0.1, -0.05) is 40.7 Å². The highest BCUT2D eigenvalue weighted by Gasteiger charge is 2.60. The lowest BCUT2D eigenvalue weighted by Gasteiger charge is -2.59. The fraction of sp³-hybridized carbons (Fsp3) is 0.828. The largest absolute Gasteiger partial charge is 0.389 e. The smallest absolute Gasteiger partial charge is 0.155 e. The minimum absolute atomic E-state index is 0.001000. The van der Waals surface area contributed by atoms with Crippen molar-refractivity contribution < 1.29 is 15.0 Å². The van der Waals surface area contributed by atoms with Gasteiger partial charge in [-0.05, 0) is 109 Å².